The lowest BCUT2D eigenvalue weighted by atomic mass is 10.1. The van der Waals surface area contributed by atoms with E-state index in [0.29, 0.717) is 12.8 Å². The fraction of sp³-hybridized carbons (Fsp3) is 0.825. The summed E-state index contributed by atoms with van der Waals surface area (Å²) >= 11 is 0. The normalized spacial score (nSPS) is 14.1. The number of phosphoric acid groups is 1. The molecule has 0 aromatic carbocycles. The Labute approximate surface area is 315 Å². The van der Waals surface area contributed by atoms with Crippen molar-refractivity contribution in [2.45, 2.75) is 193 Å². The third-order valence-electron chi connectivity index (χ3n) is 8.69. The molecule has 304 valence electrons. The molecule has 0 aliphatic heterocycles. The minimum absolute atomic E-state index is 0.139. The number of carboxylic acid groups (broad SMARTS) is 1. The third-order valence-corrected chi connectivity index (χ3v) is 9.64. The molecule has 0 radical (unpaired) electrons. The van der Waals surface area contributed by atoms with Gasteiger partial charge in [0.25, 0.3) is 0 Å². The summed E-state index contributed by atoms with van der Waals surface area (Å²) in [5, 5.41) is 8.86. The molecule has 52 heavy (non-hydrogen) atoms. The van der Waals surface area contributed by atoms with Crippen molar-refractivity contribution in [3.05, 3.63) is 24.3 Å². The highest BCUT2D eigenvalue weighted by molar-refractivity contribution is 7.47. The van der Waals surface area contributed by atoms with Gasteiger partial charge in [-0.25, -0.2) is 4.57 Å². The highest BCUT2D eigenvalue weighted by Gasteiger charge is 2.28. The first kappa shape index (κ1) is 50.0. The van der Waals surface area contributed by atoms with Gasteiger partial charge in [0, 0.05) is 12.8 Å². The van der Waals surface area contributed by atoms with Crippen molar-refractivity contribution in [1.29, 1.82) is 0 Å². The second-order valence-corrected chi connectivity index (χ2v) is 15.2. The molecule has 0 saturated heterocycles. The number of aliphatic carboxylic acids is 1. The van der Waals surface area contributed by atoms with Gasteiger partial charge >= 0.3 is 25.7 Å². The standard InChI is InChI=1S/C40H74NO10P/c1-3-5-7-9-11-13-15-17-18-20-21-23-25-27-29-31-38(42)48-33-36(34-49-52(46,47)50-35-37(41)40(44)45)51-39(43)32-30-28-26-24-22-19-16-14-12-10-8-6-4-2/h14,16,25,27,36-37H,3-13,15,17-24,26,28-35,41H2,1-2H3,(H,44,45)(H,46,47)/b16-14+,27-25+/t36-,37+/m1/s1. The fourth-order valence-corrected chi connectivity index (χ4v) is 6.21. The van der Waals surface area contributed by atoms with Crippen molar-refractivity contribution in [3.8, 4) is 0 Å². The molecule has 0 aromatic heterocycles. The third kappa shape index (κ3) is 35.0. The number of carbonyl (C=O) groups is 3. The highest BCUT2D eigenvalue weighted by atomic mass is 31.2. The summed E-state index contributed by atoms with van der Waals surface area (Å²) in [5.74, 6) is -2.45. The van der Waals surface area contributed by atoms with E-state index in [9.17, 15) is 23.8 Å². The fourth-order valence-electron chi connectivity index (χ4n) is 5.43. The van der Waals surface area contributed by atoms with Gasteiger partial charge in [-0.05, 0) is 51.4 Å². The first-order valence-corrected chi connectivity index (χ1v) is 21.9. The summed E-state index contributed by atoms with van der Waals surface area (Å²) in [6.07, 6.45) is 35.4. The average molecular weight is 760 g/mol. The van der Waals surface area contributed by atoms with Gasteiger partial charge in [-0.1, -0.05) is 141 Å². The van der Waals surface area contributed by atoms with E-state index in [0.717, 1.165) is 51.4 Å². The van der Waals surface area contributed by atoms with Gasteiger partial charge in [0.05, 0.1) is 13.2 Å². The van der Waals surface area contributed by atoms with Crippen LogP contribution in [0.3, 0.4) is 0 Å². The smallest absolute Gasteiger partial charge is 0.472 e. The lowest BCUT2D eigenvalue weighted by molar-refractivity contribution is -0.161. The zero-order valence-corrected chi connectivity index (χ0v) is 33.5. The van der Waals surface area contributed by atoms with Gasteiger partial charge in [0.2, 0.25) is 0 Å². The number of phosphoric ester groups is 1. The van der Waals surface area contributed by atoms with Crippen molar-refractivity contribution < 1.29 is 47.5 Å². The second kappa shape index (κ2) is 36.0. The van der Waals surface area contributed by atoms with Gasteiger partial charge < -0.3 is 25.2 Å². The van der Waals surface area contributed by atoms with E-state index >= 15 is 0 Å². The van der Waals surface area contributed by atoms with Crippen LogP contribution in [0.15, 0.2) is 24.3 Å². The molecule has 1 unspecified atom stereocenters. The first-order valence-electron chi connectivity index (χ1n) is 20.4. The van der Waals surface area contributed by atoms with Gasteiger partial charge in [0.15, 0.2) is 6.10 Å². The topological polar surface area (TPSA) is 172 Å². The van der Waals surface area contributed by atoms with Crippen molar-refractivity contribution in [3.63, 3.8) is 0 Å². The molecule has 0 aliphatic carbocycles. The number of unbranched alkanes of at least 4 members (excludes halogenated alkanes) is 20. The summed E-state index contributed by atoms with van der Waals surface area (Å²) in [4.78, 5) is 45.8. The molecular weight excluding hydrogens is 685 g/mol. The van der Waals surface area contributed by atoms with Crippen LogP contribution in [0.5, 0.6) is 0 Å². The molecule has 11 nitrogen and oxygen atoms in total. The molecule has 4 N–H and O–H groups in total. The predicted octanol–water partition coefficient (Wildman–Crippen LogP) is 10.3. The minimum Gasteiger partial charge on any atom is -0.480 e. The Morgan fingerprint density at radius 3 is 1.50 bits per heavy atom. The summed E-state index contributed by atoms with van der Waals surface area (Å²) in [6, 6.07) is -1.52. The van der Waals surface area contributed by atoms with E-state index in [2.05, 4.69) is 36.6 Å². The molecule has 0 fully saturated rings. The Bertz CT molecular complexity index is 989. The maximum absolute atomic E-state index is 12.6. The predicted molar refractivity (Wildman–Crippen MR) is 208 cm³/mol. The molecule has 0 spiro atoms. The van der Waals surface area contributed by atoms with E-state index in [1.165, 1.54) is 89.9 Å². The molecule has 0 saturated carbocycles. The molecule has 0 amide bonds. The molecular formula is C40H74NO10P. The van der Waals surface area contributed by atoms with Crippen LogP contribution in [0.4, 0.5) is 0 Å². The number of hydrogen-bond acceptors (Lipinski definition) is 9. The lowest BCUT2D eigenvalue weighted by Gasteiger charge is -2.20. The van der Waals surface area contributed by atoms with Crippen molar-refractivity contribution in [2.75, 3.05) is 19.8 Å². The summed E-state index contributed by atoms with van der Waals surface area (Å²) < 4.78 is 32.5. The van der Waals surface area contributed by atoms with Gasteiger partial charge in [-0.2, -0.15) is 0 Å². The Morgan fingerprint density at radius 1 is 0.577 bits per heavy atom. The van der Waals surface area contributed by atoms with Crippen molar-refractivity contribution in [2.24, 2.45) is 5.73 Å². The number of ether oxygens (including phenoxy) is 2. The van der Waals surface area contributed by atoms with E-state index < -0.39 is 51.1 Å². The SMILES string of the molecule is CCCCCC/C=C/CCCCCCCC(=O)O[C@H](COC(=O)CC/C=C/CCCCCCCCCCCCC)COP(=O)(O)OC[C@H](N)C(=O)O. The van der Waals surface area contributed by atoms with Gasteiger partial charge in [-0.15, -0.1) is 0 Å². The number of allylic oxidation sites excluding steroid dienone is 4. The van der Waals surface area contributed by atoms with E-state index in [4.69, 9.17) is 24.8 Å². The molecule has 3 atom stereocenters. The van der Waals surface area contributed by atoms with Crippen LogP contribution in [0.2, 0.25) is 0 Å². The Balaban J connectivity index is 4.45. The van der Waals surface area contributed by atoms with Gasteiger partial charge in [0.1, 0.15) is 12.6 Å². The molecule has 0 rings (SSSR count). The number of carboxylic acids is 1. The number of esters is 2. The van der Waals surface area contributed by atoms with Crippen LogP contribution in [0.1, 0.15) is 181 Å². The van der Waals surface area contributed by atoms with Crippen LogP contribution in [-0.2, 0) is 37.5 Å². The maximum atomic E-state index is 12.6. The molecule has 12 heteroatoms. The second-order valence-electron chi connectivity index (χ2n) is 13.8. The molecule has 0 heterocycles. The average Bonchev–Trinajstić information content (AvgIpc) is 3.12. The van der Waals surface area contributed by atoms with Gasteiger partial charge in [-0.3, -0.25) is 23.4 Å². The highest BCUT2D eigenvalue weighted by Crippen LogP contribution is 2.43. The largest absolute Gasteiger partial charge is 0.480 e. The zero-order valence-electron chi connectivity index (χ0n) is 32.7. The lowest BCUT2D eigenvalue weighted by Crippen LogP contribution is -2.34. The number of carbonyl (C=O) groups excluding carboxylic acids is 2. The van der Waals surface area contributed by atoms with Crippen LogP contribution in [0.25, 0.3) is 0 Å². The Morgan fingerprint density at radius 2 is 1.00 bits per heavy atom. The monoisotopic (exact) mass is 760 g/mol. The first-order chi connectivity index (χ1) is 25.1. The summed E-state index contributed by atoms with van der Waals surface area (Å²) in [7, 11) is -4.72. The summed E-state index contributed by atoms with van der Waals surface area (Å²) in [5.41, 5.74) is 5.32. The van der Waals surface area contributed by atoms with Crippen LogP contribution in [0, 0.1) is 0 Å². The Hall–Kier alpha value is -2.04. The minimum atomic E-state index is -4.72. The van der Waals surface area contributed by atoms with Crippen LogP contribution >= 0.6 is 7.82 Å². The number of hydrogen-bond donors (Lipinski definition) is 3. The van der Waals surface area contributed by atoms with E-state index in [-0.39, 0.29) is 19.4 Å². The quantitative estimate of drug-likeness (QED) is 0.0237. The summed E-state index contributed by atoms with van der Waals surface area (Å²) in [6.45, 7) is 2.73. The number of rotatable bonds is 38. The molecule has 0 aromatic rings. The van der Waals surface area contributed by atoms with Crippen molar-refractivity contribution >= 4 is 25.7 Å². The van der Waals surface area contributed by atoms with E-state index in [1.54, 1.807) is 0 Å². The van der Waals surface area contributed by atoms with E-state index in [1.807, 2.05) is 6.08 Å². The van der Waals surface area contributed by atoms with Crippen LogP contribution in [-0.4, -0.2) is 59.9 Å². The molecule has 0 bridgehead atoms. The molecule has 0 aliphatic rings. The maximum Gasteiger partial charge on any atom is 0.472 e. The Kier molecular flexibility index (Phi) is 34.6. The zero-order chi connectivity index (χ0) is 38.5. The van der Waals surface area contributed by atoms with Crippen molar-refractivity contribution in [1.82, 2.24) is 0 Å². The van der Waals surface area contributed by atoms with Crippen LogP contribution < -0.4 is 5.73 Å². The number of nitrogens with two attached hydrogens (primary N) is 1.